The molecule has 0 aromatic carbocycles. The molecule has 0 spiro atoms. The van der Waals surface area contributed by atoms with Gasteiger partial charge in [-0.25, -0.2) is 0 Å². The fraction of sp³-hybridized carbons (Fsp3) is 1.00. The molecule has 0 unspecified atom stereocenters. The van der Waals surface area contributed by atoms with Crippen molar-refractivity contribution in [2.75, 3.05) is 0 Å². The van der Waals surface area contributed by atoms with E-state index in [2.05, 4.69) is 19.6 Å². The van der Waals surface area contributed by atoms with E-state index in [1.165, 1.54) is 0 Å². The summed E-state index contributed by atoms with van der Waals surface area (Å²) in [7, 11) is 0. The van der Waals surface area contributed by atoms with Crippen molar-refractivity contribution in [3.8, 4) is 0 Å². The van der Waals surface area contributed by atoms with Crippen molar-refractivity contribution in [2.45, 2.75) is 24.4 Å². The van der Waals surface area contributed by atoms with Crippen LogP contribution in [0.4, 0.5) is 0 Å². The van der Waals surface area contributed by atoms with Crippen LogP contribution in [0.25, 0.3) is 0 Å². The van der Waals surface area contributed by atoms with E-state index in [9.17, 15) is 0 Å². The van der Waals surface area contributed by atoms with Crippen LogP contribution in [0.15, 0.2) is 0 Å². The van der Waals surface area contributed by atoms with Gasteiger partial charge in [-0.1, -0.05) is 24.4 Å². The van der Waals surface area contributed by atoms with Gasteiger partial charge < -0.3 is 2.84 Å². The normalized spacial score (nSPS) is 9.71. The molecule has 40 valence electrons. The van der Waals surface area contributed by atoms with Crippen molar-refractivity contribution in [1.29, 1.82) is 0 Å². The molecular weight excluding hydrogens is 118 g/mol. The van der Waals surface area contributed by atoms with Crippen LogP contribution in [-0.2, 0) is 2.84 Å². The summed E-state index contributed by atoms with van der Waals surface area (Å²) in [6.45, 7) is 4.46. The topological polar surface area (TPSA) is 9.23 Å². The van der Waals surface area contributed by atoms with Crippen molar-refractivity contribution in [1.82, 2.24) is 0 Å². The first-order valence-electron chi connectivity index (χ1n) is 2.71. The summed E-state index contributed by atoms with van der Waals surface area (Å²) in [6.07, 6.45) is 0. The first-order chi connectivity index (χ1) is 3.18. The van der Waals surface area contributed by atoms with E-state index in [0.717, 1.165) is 21.4 Å². The Balaban J connectivity index is 3.14. The molecule has 0 radical (unpaired) electrons. The predicted molar refractivity (Wildman–Crippen MR) is 36.3 cm³/mol. The van der Waals surface area contributed by atoms with Crippen LogP contribution in [0, 0.1) is 0 Å². The van der Waals surface area contributed by atoms with E-state index in [1.807, 2.05) is 0 Å². The quantitative estimate of drug-likeness (QED) is 0.497. The maximum Gasteiger partial charge on any atom is 0.429 e. The monoisotopic (exact) mass is 130 g/mol. The fourth-order valence-corrected chi connectivity index (χ4v) is 2.45. The van der Waals surface area contributed by atoms with E-state index in [1.54, 1.807) is 0 Å². The standard InChI is InChI=1S/C3H7.CH3.2Al.O.2H/c1-3-2;;;;;;/h3H,1-2H3;1H3;;;;;. The van der Waals surface area contributed by atoms with Crippen molar-refractivity contribution in [3.05, 3.63) is 0 Å². The number of hydrogen-bond acceptors (Lipinski definition) is 1. The van der Waals surface area contributed by atoms with Gasteiger partial charge in [0, 0.05) is 0 Å². The zero-order chi connectivity index (χ0) is 5.86. The van der Waals surface area contributed by atoms with Gasteiger partial charge in [-0.05, 0) is 0 Å². The number of hydrogen-bond donors (Lipinski definition) is 0. The Morgan fingerprint density at radius 2 is 2.00 bits per heavy atom. The Hall–Kier alpha value is 1.02. The third-order valence-corrected chi connectivity index (χ3v) is 6.16. The second-order valence-corrected chi connectivity index (χ2v) is 6.81. The molecule has 0 saturated heterocycles. The van der Waals surface area contributed by atoms with Crippen molar-refractivity contribution in [3.63, 3.8) is 0 Å². The van der Waals surface area contributed by atoms with Crippen LogP contribution in [0.3, 0.4) is 0 Å². The first-order valence-corrected chi connectivity index (χ1v) is 5.82. The zero-order valence-electron chi connectivity index (χ0n) is 5.56. The Morgan fingerprint density at radius 1 is 1.57 bits per heavy atom. The molecule has 0 rings (SSSR count). The zero-order valence-corrected chi connectivity index (χ0v) is 8.72. The summed E-state index contributed by atoms with van der Waals surface area (Å²) in [6, 6.07) is 0. The highest BCUT2D eigenvalue weighted by Crippen LogP contribution is 2.05. The summed E-state index contributed by atoms with van der Waals surface area (Å²) in [5.74, 6) is 2.25. The van der Waals surface area contributed by atoms with Crippen LogP contribution >= 0.6 is 0 Å². The third-order valence-electron chi connectivity index (χ3n) is 1.31. The van der Waals surface area contributed by atoms with Gasteiger partial charge in [0.2, 0.25) is 0 Å². The number of rotatable bonds is 2. The van der Waals surface area contributed by atoms with E-state index in [4.69, 9.17) is 2.84 Å². The Kier molecular flexibility index (Phi) is 4.54. The first kappa shape index (κ1) is 8.02. The molecular formula is C4H12Al2O. The van der Waals surface area contributed by atoms with Crippen LogP contribution in [0.1, 0.15) is 13.8 Å². The summed E-state index contributed by atoms with van der Waals surface area (Å²) in [5.41, 5.74) is 0. The maximum absolute atomic E-state index is 5.29. The van der Waals surface area contributed by atoms with Gasteiger partial charge in [-0.2, -0.15) is 0 Å². The van der Waals surface area contributed by atoms with E-state index >= 15 is 0 Å². The second-order valence-electron chi connectivity index (χ2n) is 2.18. The summed E-state index contributed by atoms with van der Waals surface area (Å²) in [5, 5.41) is 0. The van der Waals surface area contributed by atoms with Gasteiger partial charge >= 0.3 is 31.1 Å². The average molecular weight is 130 g/mol. The molecule has 0 saturated carbocycles. The lowest BCUT2D eigenvalue weighted by Crippen LogP contribution is -2.14. The largest absolute Gasteiger partial charge is 0.642 e. The van der Waals surface area contributed by atoms with Gasteiger partial charge in [0.25, 0.3) is 0 Å². The SMILES string of the molecule is C[CH](C)[Al]([CH3])[O][AlH2]. The van der Waals surface area contributed by atoms with Crippen molar-refractivity contribution >= 4 is 31.1 Å². The lowest BCUT2D eigenvalue weighted by Gasteiger charge is -2.06. The molecule has 0 aliphatic carbocycles. The molecule has 0 aliphatic heterocycles. The van der Waals surface area contributed by atoms with E-state index in [-0.39, 0.29) is 0 Å². The maximum atomic E-state index is 5.29. The Morgan fingerprint density at radius 3 is 2.00 bits per heavy atom. The molecule has 0 bridgehead atoms. The van der Waals surface area contributed by atoms with Gasteiger partial charge in [0.15, 0.2) is 0 Å². The molecule has 7 heavy (non-hydrogen) atoms. The minimum Gasteiger partial charge on any atom is -0.642 e. The Labute approximate surface area is 58.5 Å². The van der Waals surface area contributed by atoms with E-state index < -0.39 is 14.5 Å². The Bertz CT molecular complexity index is 47.0. The molecule has 0 fully saturated rings. The highest BCUT2D eigenvalue weighted by molar-refractivity contribution is 6.55. The van der Waals surface area contributed by atoms with Crippen molar-refractivity contribution < 1.29 is 2.84 Å². The molecule has 0 aliphatic rings. The lowest BCUT2D eigenvalue weighted by atomic mass is 10.6. The van der Waals surface area contributed by atoms with Crippen LogP contribution in [-0.4, -0.2) is 31.1 Å². The lowest BCUT2D eigenvalue weighted by molar-refractivity contribution is 0.618. The van der Waals surface area contributed by atoms with Crippen LogP contribution in [0.5, 0.6) is 0 Å². The molecule has 0 atom stereocenters. The molecule has 0 amide bonds. The molecule has 3 heteroatoms. The highest BCUT2D eigenvalue weighted by atomic mass is 27.2. The average Bonchev–Trinajstić information content (AvgIpc) is 1.65. The molecule has 0 aromatic rings. The summed E-state index contributed by atoms with van der Waals surface area (Å²) < 4.78 is 6.11. The summed E-state index contributed by atoms with van der Waals surface area (Å²) >= 11 is 0.240. The van der Waals surface area contributed by atoms with Gasteiger partial charge in [0.1, 0.15) is 0 Å². The fourth-order valence-electron chi connectivity index (χ4n) is 0.272. The van der Waals surface area contributed by atoms with Gasteiger partial charge in [-0.3, -0.25) is 0 Å². The molecule has 0 heterocycles. The van der Waals surface area contributed by atoms with E-state index in [0.29, 0.717) is 0 Å². The minimum atomic E-state index is -0.693. The molecule has 0 N–H and O–H groups in total. The van der Waals surface area contributed by atoms with Crippen LogP contribution in [0.2, 0.25) is 10.6 Å². The highest BCUT2D eigenvalue weighted by Gasteiger charge is 2.13. The third kappa shape index (κ3) is 3.59. The van der Waals surface area contributed by atoms with Crippen LogP contribution < -0.4 is 0 Å². The predicted octanol–water partition coefficient (Wildman–Crippen LogP) is 0.582. The molecule has 0 aromatic heterocycles. The smallest absolute Gasteiger partial charge is 0.429 e. The van der Waals surface area contributed by atoms with Gasteiger partial charge in [-0.15, -0.1) is 0 Å². The summed E-state index contributed by atoms with van der Waals surface area (Å²) in [4.78, 5) is 0. The second kappa shape index (κ2) is 3.96. The minimum absolute atomic E-state index is 0.693. The molecule has 1 nitrogen and oxygen atoms in total. The van der Waals surface area contributed by atoms with Crippen molar-refractivity contribution in [2.24, 2.45) is 0 Å². The van der Waals surface area contributed by atoms with Gasteiger partial charge in [0.05, 0.1) is 0 Å².